The van der Waals surface area contributed by atoms with Gasteiger partial charge in [-0.25, -0.2) is 4.89 Å². The van der Waals surface area contributed by atoms with E-state index in [0.717, 1.165) is 0 Å². The van der Waals surface area contributed by atoms with Gasteiger partial charge >= 0.3 is 10.4 Å². The Kier molecular flexibility index (Phi) is 5.07. The van der Waals surface area contributed by atoms with Gasteiger partial charge in [0.2, 0.25) is 0 Å². The highest BCUT2D eigenvalue weighted by molar-refractivity contribution is 7.80. The summed E-state index contributed by atoms with van der Waals surface area (Å²) in [7, 11) is -4.50. The number of hydrogen-bond acceptors (Lipinski definition) is 4. The SMILES string of the molecule is C=CCC(CC)OOS(=O)(=O)O. The molecule has 0 heterocycles. The average molecular weight is 196 g/mol. The molecule has 0 fully saturated rings. The molecule has 6 heteroatoms. The summed E-state index contributed by atoms with van der Waals surface area (Å²) in [5.74, 6) is 0. The topological polar surface area (TPSA) is 72.8 Å². The van der Waals surface area contributed by atoms with Gasteiger partial charge in [0.25, 0.3) is 0 Å². The highest BCUT2D eigenvalue weighted by Crippen LogP contribution is 2.05. The highest BCUT2D eigenvalue weighted by Gasteiger charge is 2.11. The summed E-state index contributed by atoms with van der Waals surface area (Å²) >= 11 is 0. The van der Waals surface area contributed by atoms with E-state index in [4.69, 9.17) is 4.55 Å². The van der Waals surface area contributed by atoms with Gasteiger partial charge in [0.15, 0.2) is 0 Å². The Morgan fingerprint density at radius 1 is 1.67 bits per heavy atom. The summed E-state index contributed by atoms with van der Waals surface area (Å²) in [5, 5.41) is 0. The molecule has 12 heavy (non-hydrogen) atoms. The summed E-state index contributed by atoms with van der Waals surface area (Å²) < 4.78 is 31.9. The zero-order valence-corrected chi connectivity index (χ0v) is 7.58. The van der Waals surface area contributed by atoms with E-state index in [9.17, 15) is 8.42 Å². The second-order valence-electron chi connectivity index (χ2n) is 2.15. The van der Waals surface area contributed by atoms with Crippen LogP contribution in [-0.4, -0.2) is 19.1 Å². The fourth-order valence-electron chi connectivity index (χ4n) is 0.565. The van der Waals surface area contributed by atoms with Crippen LogP contribution in [0.15, 0.2) is 12.7 Å². The molecule has 0 aromatic carbocycles. The Hall–Kier alpha value is -0.430. The molecule has 0 aromatic rings. The molecule has 1 N–H and O–H groups in total. The van der Waals surface area contributed by atoms with Gasteiger partial charge in [0, 0.05) is 0 Å². The van der Waals surface area contributed by atoms with Crippen LogP contribution >= 0.6 is 0 Å². The minimum Gasteiger partial charge on any atom is -0.262 e. The monoisotopic (exact) mass is 196 g/mol. The number of hydrogen-bond donors (Lipinski definition) is 1. The molecule has 0 aromatic heterocycles. The van der Waals surface area contributed by atoms with E-state index in [2.05, 4.69) is 15.8 Å². The standard InChI is InChI=1S/C6H12O5S/c1-3-5-6(4-2)10-11-12(7,8)9/h3,6H,1,4-5H2,2H3,(H,7,8,9). The predicted octanol–water partition coefficient (Wildman–Crippen LogP) is 1.09. The molecule has 0 saturated heterocycles. The van der Waals surface area contributed by atoms with Crippen LogP contribution in [0.1, 0.15) is 19.8 Å². The summed E-state index contributed by atoms with van der Waals surface area (Å²) in [6.07, 6.45) is 2.21. The summed E-state index contributed by atoms with van der Waals surface area (Å²) in [6.45, 7) is 5.24. The van der Waals surface area contributed by atoms with Crippen molar-refractivity contribution >= 4 is 10.4 Å². The molecule has 0 rings (SSSR count). The summed E-state index contributed by atoms with van der Waals surface area (Å²) in [5.41, 5.74) is 0. The van der Waals surface area contributed by atoms with E-state index in [-0.39, 0.29) is 0 Å². The van der Waals surface area contributed by atoms with Crippen molar-refractivity contribution in [2.45, 2.75) is 25.9 Å². The molecule has 0 aliphatic carbocycles. The molecule has 1 unspecified atom stereocenters. The molecule has 0 spiro atoms. The van der Waals surface area contributed by atoms with Crippen LogP contribution in [0.2, 0.25) is 0 Å². The van der Waals surface area contributed by atoms with Crippen molar-refractivity contribution in [2.24, 2.45) is 0 Å². The second kappa shape index (κ2) is 5.26. The van der Waals surface area contributed by atoms with E-state index >= 15 is 0 Å². The van der Waals surface area contributed by atoms with E-state index in [1.165, 1.54) is 0 Å². The third-order valence-electron chi connectivity index (χ3n) is 1.15. The molecule has 0 amide bonds. The smallest absolute Gasteiger partial charge is 0.262 e. The Balaban J connectivity index is 3.80. The largest absolute Gasteiger partial charge is 0.424 e. The highest BCUT2D eigenvalue weighted by atomic mass is 32.3. The van der Waals surface area contributed by atoms with Crippen LogP contribution in [0.4, 0.5) is 0 Å². The first-order valence-corrected chi connectivity index (χ1v) is 4.79. The van der Waals surface area contributed by atoms with Gasteiger partial charge in [-0.2, -0.15) is 8.42 Å². The quantitative estimate of drug-likeness (QED) is 0.298. The Morgan fingerprint density at radius 2 is 2.25 bits per heavy atom. The van der Waals surface area contributed by atoms with E-state index in [1.54, 1.807) is 13.0 Å². The van der Waals surface area contributed by atoms with E-state index in [1.807, 2.05) is 0 Å². The minimum atomic E-state index is -4.50. The molecule has 1 atom stereocenters. The van der Waals surface area contributed by atoms with Crippen molar-refractivity contribution in [3.05, 3.63) is 12.7 Å². The van der Waals surface area contributed by atoms with Gasteiger partial charge in [-0.05, 0) is 12.8 Å². The zero-order chi connectivity index (χ0) is 9.61. The maximum atomic E-state index is 10.0. The van der Waals surface area contributed by atoms with Gasteiger partial charge in [-0.3, -0.25) is 4.55 Å². The van der Waals surface area contributed by atoms with E-state index < -0.39 is 16.5 Å². The summed E-state index contributed by atoms with van der Waals surface area (Å²) in [4.78, 5) is 4.39. The number of rotatable bonds is 6. The maximum absolute atomic E-state index is 10.0. The van der Waals surface area contributed by atoms with Gasteiger partial charge in [0.1, 0.15) is 0 Å². The minimum absolute atomic E-state index is 0.399. The van der Waals surface area contributed by atoms with Crippen molar-refractivity contribution in [2.75, 3.05) is 0 Å². The second-order valence-corrected chi connectivity index (χ2v) is 3.14. The van der Waals surface area contributed by atoms with Crippen molar-refractivity contribution < 1.29 is 22.2 Å². The lowest BCUT2D eigenvalue weighted by Gasteiger charge is -2.09. The first-order valence-electron chi connectivity index (χ1n) is 3.43. The Labute approximate surface area is 71.9 Å². The van der Waals surface area contributed by atoms with Crippen LogP contribution in [-0.2, 0) is 19.6 Å². The summed E-state index contributed by atoms with van der Waals surface area (Å²) in [6, 6.07) is 0. The Bertz CT molecular complexity index is 220. The van der Waals surface area contributed by atoms with Gasteiger partial charge in [0.05, 0.1) is 6.10 Å². The van der Waals surface area contributed by atoms with Crippen LogP contribution in [0.5, 0.6) is 0 Å². The molecular formula is C6H12O5S. The first kappa shape index (κ1) is 11.6. The van der Waals surface area contributed by atoms with Gasteiger partial charge < -0.3 is 0 Å². The van der Waals surface area contributed by atoms with Crippen molar-refractivity contribution in [3.63, 3.8) is 0 Å². The molecule has 0 radical (unpaired) electrons. The van der Waals surface area contributed by atoms with Crippen LogP contribution < -0.4 is 0 Å². The first-order chi connectivity index (χ1) is 5.49. The average Bonchev–Trinajstić information content (AvgIpc) is 1.96. The lowest BCUT2D eigenvalue weighted by atomic mass is 10.2. The predicted molar refractivity (Wildman–Crippen MR) is 42.6 cm³/mol. The zero-order valence-electron chi connectivity index (χ0n) is 6.76. The molecular weight excluding hydrogens is 184 g/mol. The van der Waals surface area contributed by atoms with Gasteiger partial charge in [-0.15, -0.1) is 6.58 Å². The molecule has 0 saturated carbocycles. The molecule has 5 nitrogen and oxygen atoms in total. The fraction of sp³-hybridized carbons (Fsp3) is 0.667. The normalized spacial score (nSPS) is 14.2. The van der Waals surface area contributed by atoms with Crippen molar-refractivity contribution in [3.8, 4) is 0 Å². The molecule has 72 valence electrons. The van der Waals surface area contributed by atoms with E-state index in [0.29, 0.717) is 12.8 Å². The van der Waals surface area contributed by atoms with Crippen molar-refractivity contribution in [1.29, 1.82) is 0 Å². The molecule has 0 bridgehead atoms. The van der Waals surface area contributed by atoms with Crippen molar-refractivity contribution in [1.82, 2.24) is 0 Å². The lowest BCUT2D eigenvalue weighted by Crippen LogP contribution is -2.14. The van der Waals surface area contributed by atoms with Crippen LogP contribution in [0, 0.1) is 0 Å². The lowest BCUT2D eigenvalue weighted by molar-refractivity contribution is -0.245. The molecule has 0 aliphatic rings. The maximum Gasteiger partial charge on any atom is 0.424 e. The Morgan fingerprint density at radius 3 is 2.58 bits per heavy atom. The third-order valence-corrected chi connectivity index (χ3v) is 1.40. The molecule has 0 aliphatic heterocycles. The van der Waals surface area contributed by atoms with Crippen LogP contribution in [0.3, 0.4) is 0 Å². The van der Waals surface area contributed by atoms with Gasteiger partial charge in [-0.1, -0.05) is 17.3 Å². The van der Waals surface area contributed by atoms with Crippen LogP contribution in [0.25, 0.3) is 0 Å². The fourth-order valence-corrected chi connectivity index (χ4v) is 0.775. The third kappa shape index (κ3) is 6.29.